The van der Waals surface area contributed by atoms with E-state index in [1.54, 1.807) is 11.1 Å². The summed E-state index contributed by atoms with van der Waals surface area (Å²) < 4.78 is 0. The molecule has 15 heavy (non-hydrogen) atoms. The Balaban J connectivity index is 1.73. The number of likely N-dealkylation sites (tertiary alicyclic amines) is 1. The van der Waals surface area contributed by atoms with Gasteiger partial charge in [-0.25, -0.2) is 0 Å². The summed E-state index contributed by atoms with van der Waals surface area (Å²) >= 11 is 0. The van der Waals surface area contributed by atoms with Gasteiger partial charge in [0, 0.05) is 25.2 Å². The fourth-order valence-corrected chi connectivity index (χ4v) is 2.94. The lowest BCUT2D eigenvalue weighted by molar-refractivity contribution is 0.247. The van der Waals surface area contributed by atoms with Crippen LogP contribution in [-0.4, -0.2) is 30.1 Å². The molecule has 1 heterocycles. The molecule has 0 radical (unpaired) electrons. The molecular weight excluding hydrogens is 184 g/mol. The standard InChI is InChI=1S/C13H18N2/c14-12-5-6-15(9-12)13-7-10-3-1-2-4-11(10)8-13/h1-4,12-13H,5-9,14H2/t12-/m0/s1. The third-order valence-corrected chi connectivity index (χ3v) is 3.80. The van der Waals surface area contributed by atoms with Gasteiger partial charge in [0.2, 0.25) is 0 Å². The highest BCUT2D eigenvalue weighted by Gasteiger charge is 2.30. The summed E-state index contributed by atoms with van der Waals surface area (Å²) in [5.41, 5.74) is 9.04. The van der Waals surface area contributed by atoms with E-state index in [1.165, 1.54) is 25.8 Å². The highest BCUT2D eigenvalue weighted by atomic mass is 15.2. The molecule has 1 aromatic carbocycles. The van der Waals surface area contributed by atoms with Crippen LogP contribution in [-0.2, 0) is 12.8 Å². The van der Waals surface area contributed by atoms with Crippen molar-refractivity contribution in [1.29, 1.82) is 0 Å². The Kier molecular flexibility index (Phi) is 2.26. The average Bonchev–Trinajstić information content (AvgIpc) is 2.82. The first-order valence-corrected chi connectivity index (χ1v) is 5.89. The van der Waals surface area contributed by atoms with E-state index in [-0.39, 0.29) is 0 Å². The molecule has 1 aliphatic carbocycles. The number of fused-ring (bicyclic) bond motifs is 1. The number of rotatable bonds is 1. The topological polar surface area (TPSA) is 29.3 Å². The molecule has 3 rings (SSSR count). The lowest BCUT2D eigenvalue weighted by atomic mass is 10.1. The maximum Gasteiger partial charge on any atom is 0.0180 e. The highest BCUT2D eigenvalue weighted by Crippen LogP contribution is 2.27. The molecule has 1 aromatic rings. The largest absolute Gasteiger partial charge is 0.326 e. The van der Waals surface area contributed by atoms with Crippen LogP contribution in [0.25, 0.3) is 0 Å². The third kappa shape index (κ3) is 1.68. The Hall–Kier alpha value is -0.860. The van der Waals surface area contributed by atoms with Gasteiger partial charge in [-0.1, -0.05) is 24.3 Å². The van der Waals surface area contributed by atoms with Crippen molar-refractivity contribution in [3.05, 3.63) is 35.4 Å². The molecule has 1 atom stereocenters. The Labute approximate surface area is 91.1 Å². The second-order valence-corrected chi connectivity index (χ2v) is 4.87. The van der Waals surface area contributed by atoms with Crippen LogP contribution in [0.1, 0.15) is 17.5 Å². The van der Waals surface area contributed by atoms with Gasteiger partial charge in [-0.15, -0.1) is 0 Å². The van der Waals surface area contributed by atoms with Crippen molar-refractivity contribution < 1.29 is 0 Å². The Morgan fingerprint density at radius 1 is 1.13 bits per heavy atom. The first-order valence-electron chi connectivity index (χ1n) is 5.89. The smallest absolute Gasteiger partial charge is 0.0180 e. The molecule has 2 nitrogen and oxygen atoms in total. The Morgan fingerprint density at radius 3 is 2.33 bits per heavy atom. The average molecular weight is 202 g/mol. The minimum atomic E-state index is 0.411. The zero-order valence-electron chi connectivity index (χ0n) is 9.02. The summed E-state index contributed by atoms with van der Waals surface area (Å²) in [6.07, 6.45) is 3.62. The van der Waals surface area contributed by atoms with Crippen molar-refractivity contribution in [3.63, 3.8) is 0 Å². The van der Waals surface area contributed by atoms with Crippen LogP contribution in [0, 0.1) is 0 Å². The lowest BCUT2D eigenvalue weighted by Gasteiger charge is -2.22. The SMILES string of the molecule is N[C@H]1CCN(C2Cc3ccccc3C2)C1. The Morgan fingerprint density at radius 2 is 1.80 bits per heavy atom. The number of hydrogen-bond acceptors (Lipinski definition) is 2. The van der Waals surface area contributed by atoms with E-state index in [2.05, 4.69) is 29.2 Å². The molecule has 2 heteroatoms. The van der Waals surface area contributed by atoms with Crippen LogP contribution in [0.5, 0.6) is 0 Å². The summed E-state index contributed by atoms with van der Waals surface area (Å²) in [4.78, 5) is 2.57. The molecule has 0 saturated carbocycles. The van der Waals surface area contributed by atoms with E-state index in [0.29, 0.717) is 6.04 Å². The molecule has 1 aliphatic heterocycles. The van der Waals surface area contributed by atoms with E-state index in [9.17, 15) is 0 Å². The number of hydrogen-bond donors (Lipinski definition) is 1. The predicted octanol–water partition coefficient (Wildman–Crippen LogP) is 1.19. The van der Waals surface area contributed by atoms with Crippen molar-refractivity contribution in [2.45, 2.75) is 31.3 Å². The Bertz CT molecular complexity index is 336. The number of nitrogens with zero attached hydrogens (tertiary/aromatic N) is 1. The van der Waals surface area contributed by atoms with Crippen LogP contribution in [0.2, 0.25) is 0 Å². The molecule has 2 aliphatic rings. The van der Waals surface area contributed by atoms with Crippen molar-refractivity contribution >= 4 is 0 Å². The van der Waals surface area contributed by atoms with Crippen molar-refractivity contribution in [2.24, 2.45) is 5.73 Å². The maximum atomic E-state index is 5.96. The van der Waals surface area contributed by atoms with Gasteiger partial charge in [0.15, 0.2) is 0 Å². The van der Waals surface area contributed by atoms with E-state index < -0.39 is 0 Å². The minimum absolute atomic E-state index is 0.411. The molecular formula is C13H18N2. The first-order chi connectivity index (χ1) is 7.33. The zero-order valence-corrected chi connectivity index (χ0v) is 9.02. The van der Waals surface area contributed by atoms with Gasteiger partial charge in [-0.05, 0) is 30.4 Å². The molecule has 80 valence electrons. The van der Waals surface area contributed by atoms with E-state index in [4.69, 9.17) is 5.73 Å². The van der Waals surface area contributed by atoms with E-state index in [0.717, 1.165) is 12.6 Å². The third-order valence-electron chi connectivity index (χ3n) is 3.80. The predicted molar refractivity (Wildman–Crippen MR) is 61.8 cm³/mol. The molecule has 1 saturated heterocycles. The lowest BCUT2D eigenvalue weighted by Crippen LogP contribution is -2.36. The van der Waals surface area contributed by atoms with Crippen molar-refractivity contribution in [2.75, 3.05) is 13.1 Å². The van der Waals surface area contributed by atoms with Crippen LogP contribution >= 0.6 is 0 Å². The molecule has 0 bridgehead atoms. The van der Waals surface area contributed by atoms with Crippen LogP contribution < -0.4 is 5.73 Å². The van der Waals surface area contributed by atoms with E-state index >= 15 is 0 Å². The number of nitrogens with two attached hydrogens (primary N) is 1. The van der Waals surface area contributed by atoms with Gasteiger partial charge < -0.3 is 5.73 Å². The molecule has 2 N–H and O–H groups in total. The van der Waals surface area contributed by atoms with E-state index in [1.807, 2.05) is 0 Å². The maximum absolute atomic E-state index is 5.96. The fraction of sp³-hybridized carbons (Fsp3) is 0.538. The van der Waals surface area contributed by atoms with Gasteiger partial charge in [0.25, 0.3) is 0 Å². The van der Waals surface area contributed by atoms with Gasteiger partial charge in [-0.2, -0.15) is 0 Å². The monoisotopic (exact) mass is 202 g/mol. The molecule has 0 amide bonds. The molecule has 1 fully saturated rings. The quantitative estimate of drug-likeness (QED) is 0.741. The molecule has 0 unspecified atom stereocenters. The van der Waals surface area contributed by atoms with Gasteiger partial charge >= 0.3 is 0 Å². The first kappa shape index (κ1) is 9.37. The summed E-state index contributed by atoms with van der Waals surface area (Å²) in [7, 11) is 0. The number of benzene rings is 1. The fourth-order valence-electron chi connectivity index (χ4n) is 2.94. The van der Waals surface area contributed by atoms with Crippen molar-refractivity contribution in [1.82, 2.24) is 4.90 Å². The zero-order chi connectivity index (χ0) is 10.3. The summed E-state index contributed by atoms with van der Waals surface area (Å²) in [5, 5.41) is 0. The van der Waals surface area contributed by atoms with Gasteiger partial charge in [-0.3, -0.25) is 4.90 Å². The highest BCUT2D eigenvalue weighted by molar-refractivity contribution is 5.33. The van der Waals surface area contributed by atoms with Gasteiger partial charge in [0.05, 0.1) is 0 Å². The van der Waals surface area contributed by atoms with Crippen LogP contribution in [0.15, 0.2) is 24.3 Å². The normalized spacial score (nSPS) is 27.1. The second kappa shape index (κ2) is 3.62. The summed E-state index contributed by atoms with van der Waals surface area (Å²) in [6.45, 7) is 2.29. The second-order valence-electron chi connectivity index (χ2n) is 4.87. The van der Waals surface area contributed by atoms with Gasteiger partial charge in [0.1, 0.15) is 0 Å². The van der Waals surface area contributed by atoms with Crippen LogP contribution in [0.3, 0.4) is 0 Å². The molecule has 0 spiro atoms. The summed E-state index contributed by atoms with van der Waals surface area (Å²) in [6, 6.07) is 9.97. The van der Waals surface area contributed by atoms with Crippen LogP contribution in [0.4, 0.5) is 0 Å². The molecule has 0 aromatic heterocycles. The minimum Gasteiger partial charge on any atom is -0.326 e. The summed E-state index contributed by atoms with van der Waals surface area (Å²) in [5.74, 6) is 0. The van der Waals surface area contributed by atoms with Crippen molar-refractivity contribution in [3.8, 4) is 0 Å².